The van der Waals surface area contributed by atoms with Crippen molar-refractivity contribution >= 4 is 51.5 Å². The van der Waals surface area contributed by atoms with Crippen molar-refractivity contribution in [2.45, 2.75) is 0 Å². The molecule has 3 aromatic carbocycles. The number of urea groups is 1. The first-order chi connectivity index (χ1) is 16.4. The minimum absolute atomic E-state index is 0.106. The number of carbonyl (C=O) groups is 1. The first kappa shape index (κ1) is 23.3. The van der Waals surface area contributed by atoms with E-state index in [1.807, 2.05) is 0 Å². The summed E-state index contributed by atoms with van der Waals surface area (Å²) in [5.41, 5.74) is 1.26. The maximum absolute atomic E-state index is 13.3. The highest BCUT2D eigenvalue weighted by Crippen LogP contribution is 2.36. The molecular formula is C23H17Cl2FN4O4. The van der Waals surface area contributed by atoms with Crippen LogP contribution >= 0.6 is 23.2 Å². The molecule has 0 aliphatic heterocycles. The largest absolute Gasteiger partial charge is 0.493 e. The van der Waals surface area contributed by atoms with Crippen molar-refractivity contribution in [3.8, 4) is 23.1 Å². The summed E-state index contributed by atoms with van der Waals surface area (Å²) in [6.07, 6.45) is 1.37. The summed E-state index contributed by atoms with van der Waals surface area (Å²) in [6, 6.07) is 11.4. The van der Waals surface area contributed by atoms with Gasteiger partial charge in [0.2, 0.25) is 5.88 Å². The molecule has 1 heterocycles. The van der Waals surface area contributed by atoms with Crippen LogP contribution in [0.5, 0.6) is 23.1 Å². The number of amides is 2. The van der Waals surface area contributed by atoms with E-state index in [0.717, 1.165) is 6.07 Å². The highest BCUT2D eigenvalue weighted by molar-refractivity contribution is 6.34. The summed E-state index contributed by atoms with van der Waals surface area (Å²) in [4.78, 5) is 20.7. The van der Waals surface area contributed by atoms with E-state index in [9.17, 15) is 9.18 Å². The number of benzene rings is 3. The standard InChI is InChI=1S/C23H17Cl2FN4O4/c1-32-20-9-14-19(10-21(20)33-2)27-11-28-22(14)34-13-4-6-18(16(25)8-13)30-23(31)29-12-3-5-17(26)15(24)7-12/h3-11H,1-2H3,(H2,29,30,31). The van der Waals surface area contributed by atoms with E-state index in [-0.39, 0.29) is 15.9 Å². The normalized spacial score (nSPS) is 10.6. The van der Waals surface area contributed by atoms with E-state index in [1.165, 1.54) is 38.7 Å². The Labute approximate surface area is 203 Å². The summed E-state index contributed by atoms with van der Waals surface area (Å²) >= 11 is 12.1. The second-order valence-electron chi connectivity index (χ2n) is 6.85. The van der Waals surface area contributed by atoms with Gasteiger partial charge in [0.25, 0.3) is 0 Å². The quantitative estimate of drug-likeness (QED) is 0.311. The van der Waals surface area contributed by atoms with Crippen LogP contribution in [0, 0.1) is 5.82 Å². The lowest BCUT2D eigenvalue weighted by Gasteiger charge is -2.13. The first-order valence-corrected chi connectivity index (χ1v) is 10.5. The van der Waals surface area contributed by atoms with E-state index in [4.69, 9.17) is 37.4 Å². The average molecular weight is 503 g/mol. The molecule has 0 saturated carbocycles. The van der Waals surface area contributed by atoms with Crippen LogP contribution in [0.25, 0.3) is 10.9 Å². The third kappa shape index (κ3) is 5.05. The Kier molecular flexibility index (Phi) is 6.85. The van der Waals surface area contributed by atoms with Gasteiger partial charge >= 0.3 is 6.03 Å². The molecule has 0 spiro atoms. The molecule has 174 valence electrons. The van der Waals surface area contributed by atoms with E-state index in [0.29, 0.717) is 39.5 Å². The number of rotatable bonds is 6. The van der Waals surface area contributed by atoms with Crippen LogP contribution in [-0.2, 0) is 0 Å². The van der Waals surface area contributed by atoms with Gasteiger partial charge in [-0.15, -0.1) is 0 Å². The number of fused-ring (bicyclic) bond motifs is 1. The molecular weight excluding hydrogens is 486 g/mol. The van der Waals surface area contributed by atoms with Gasteiger partial charge in [0.15, 0.2) is 11.5 Å². The highest BCUT2D eigenvalue weighted by atomic mass is 35.5. The molecule has 0 fully saturated rings. The van der Waals surface area contributed by atoms with Crippen molar-refractivity contribution in [3.05, 3.63) is 70.7 Å². The number of nitrogens with one attached hydrogen (secondary N) is 2. The Morgan fingerprint density at radius 2 is 1.68 bits per heavy atom. The molecule has 34 heavy (non-hydrogen) atoms. The topological polar surface area (TPSA) is 94.6 Å². The number of aromatic nitrogens is 2. The minimum atomic E-state index is -0.583. The highest BCUT2D eigenvalue weighted by Gasteiger charge is 2.14. The van der Waals surface area contributed by atoms with E-state index in [2.05, 4.69) is 20.6 Å². The van der Waals surface area contributed by atoms with Gasteiger partial charge in [-0.05, 0) is 36.4 Å². The predicted molar refractivity (Wildman–Crippen MR) is 128 cm³/mol. The number of halogens is 3. The zero-order valence-corrected chi connectivity index (χ0v) is 19.4. The van der Waals surface area contributed by atoms with Gasteiger partial charge in [-0.25, -0.2) is 19.2 Å². The number of hydrogen-bond acceptors (Lipinski definition) is 6. The van der Waals surface area contributed by atoms with E-state index < -0.39 is 11.8 Å². The van der Waals surface area contributed by atoms with Crippen LogP contribution in [-0.4, -0.2) is 30.2 Å². The van der Waals surface area contributed by atoms with Crippen LogP contribution in [0.2, 0.25) is 10.0 Å². The molecule has 1 aromatic heterocycles. The number of hydrogen-bond donors (Lipinski definition) is 2. The molecule has 0 aliphatic rings. The number of ether oxygens (including phenoxy) is 3. The zero-order valence-electron chi connectivity index (χ0n) is 17.9. The Bertz CT molecular complexity index is 1390. The smallest absolute Gasteiger partial charge is 0.323 e. The Morgan fingerprint density at radius 1 is 0.912 bits per heavy atom. The van der Waals surface area contributed by atoms with Crippen LogP contribution < -0.4 is 24.8 Å². The molecule has 0 atom stereocenters. The molecule has 0 bridgehead atoms. The minimum Gasteiger partial charge on any atom is -0.493 e. The fourth-order valence-corrected chi connectivity index (χ4v) is 3.47. The summed E-state index contributed by atoms with van der Waals surface area (Å²) in [7, 11) is 3.06. The van der Waals surface area contributed by atoms with Crippen molar-refractivity contribution in [1.82, 2.24) is 9.97 Å². The number of anilines is 2. The van der Waals surface area contributed by atoms with Crippen molar-refractivity contribution in [1.29, 1.82) is 0 Å². The van der Waals surface area contributed by atoms with Crippen LogP contribution in [0.3, 0.4) is 0 Å². The summed E-state index contributed by atoms with van der Waals surface area (Å²) < 4.78 is 29.8. The third-order valence-electron chi connectivity index (χ3n) is 4.68. The van der Waals surface area contributed by atoms with Crippen molar-refractivity contribution < 1.29 is 23.4 Å². The van der Waals surface area contributed by atoms with Gasteiger partial charge in [0, 0.05) is 17.8 Å². The van der Waals surface area contributed by atoms with Gasteiger partial charge in [-0.1, -0.05) is 23.2 Å². The van der Waals surface area contributed by atoms with Crippen LogP contribution in [0.15, 0.2) is 54.9 Å². The molecule has 11 heteroatoms. The summed E-state index contributed by atoms with van der Waals surface area (Å²) in [6.45, 7) is 0. The monoisotopic (exact) mass is 502 g/mol. The van der Waals surface area contributed by atoms with Gasteiger partial charge in [0.05, 0.1) is 40.9 Å². The first-order valence-electron chi connectivity index (χ1n) is 9.75. The predicted octanol–water partition coefficient (Wildman–Crippen LogP) is 6.53. The third-order valence-corrected chi connectivity index (χ3v) is 5.29. The number of methoxy groups -OCH3 is 2. The fraction of sp³-hybridized carbons (Fsp3) is 0.0870. The Hall–Kier alpha value is -3.82. The maximum atomic E-state index is 13.3. The molecule has 0 radical (unpaired) electrons. The fourth-order valence-electron chi connectivity index (χ4n) is 3.07. The average Bonchev–Trinajstić information content (AvgIpc) is 2.82. The number of nitrogens with zero attached hydrogens (tertiary/aromatic N) is 2. The van der Waals surface area contributed by atoms with Gasteiger partial charge in [-0.3, -0.25) is 0 Å². The van der Waals surface area contributed by atoms with Gasteiger partial charge in [0.1, 0.15) is 17.9 Å². The molecule has 8 nitrogen and oxygen atoms in total. The lowest BCUT2D eigenvalue weighted by atomic mass is 10.2. The summed E-state index contributed by atoms with van der Waals surface area (Å²) in [5.74, 6) is 1.12. The Morgan fingerprint density at radius 3 is 2.38 bits per heavy atom. The zero-order chi connectivity index (χ0) is 24.2. The van der Waals surface area contributed by atoms with Gasteiger partial charge in [-0.2, -0.15) is 0 Å². The van der Waals surface area contributed by atoms with E-state index in [1.54, 1.807) is 24.3 Å². The molecule has 0 saturated heterocycles. The second-order valence-corrected chi connectivity index (χ2v) is 7.67. The summed E-state index contributed by atoms with van der Waals surface area (Å²) in [5, 5.41) is 5.89. The maximum Gasteiger partial charge on any atom is 0.323 e. The van der Waals surface area contributed by atoms with Crippen LogP contribution in [0.4, 0.5) is 20.6 Å². The van der Waals surface area contributed by atoms with Crippen molar-refractivity contribution in [3.63, 3.8) is 0 Å². The van der Waals surface area contributed by atoms with E-state index >= 15 is 0 Å². The molecule has 4 aromatic rings. The molecule has 4 rings (SSSR count). The molecule has 0 aliphatic carbocycles. The van der Waals surface area contributed by atoms with Crippen molar-refractivity contribution in [2.24, 2.45) is 0 Å². The lowest BCUT2D eigenvalue weighted by molar-refractivity contribution is 0.262. The molecule has 2 N–H and O–H groups in total. The SMILES string of the molecule is COc1cc2ncnc(Oc3ccc(NC(=O)Nc4ccc(F)c(Cl)c4)c(Cl)c3)c2cc1OC. The Balaban J connectivity index is 1.51. The van der Waals surface area contributed by atoms with Crippen LogP contribution in [0.1, 0.15) is 0 Å². The number of carbonyl (C=O) groups excluding carboxylic acids is 1. The van der Waals surface area contributed by atoms with Gasteiger partial charge < -0.3 is 24.8 Å². The second kappa shape index (κ2) is 9.98. The lowest BCUT2D eigenvalue weighted by Crippen LogP contribution is -2.19. The molecule has 2 amide bonds. The molecule has 0 unspecified atom stereocenters. The van der Waals surface area contributed by atoms with Crippen molar-refractivity contribution in [2.75, 3.05) is 24.9 Å².